The van der Waals surface area contributed by atoms with Crippen molar-refractivity contribution >= 4 is 40.0 Å². The number of furan rings is 1. The number of nitrogens with one attached hydrogen (secondary N) is 2. The Kier molecular flexibility index (Phi) is 6.45. The Bertz CT molecular complexity index is 1290. The topological polar surface area (TPSA) is 90.7 Å². The van der Waals surface area contributed by atoms with Crippen molar-refractivity contribution in [3.8, 4) is 0 Å². The number of hydrogen-bond donors (Lipinski definition) is 2. The van der Waals surface area contributed by atoms with Gasteiger partial charge in [0.15, 0.2) is 5.76 Å². The molecule has 0 saturated carbocycles. The van der Waals surface area contributed by atoms with Crippen LogP contribution >= 0.6 is 0 Å². The molecule has 1 saturated heterocycles. The average Bonchev–Trinajstić information content (AvgIpc) is 3.31. The number of piperazine rings is 1. The molecule has 1 aliphatic rings. The number of anilines is 3. The number of nitrogens with zero attached hydrogens (tertiary/aromatic N) is 3. The number of rotatable bonds is 6. The minimum Gasteiger partial charge on any atom is -0.451 e. The third-order valence-electron chi connectivity index (χ3n) is 6.08. The molecule has 0 radical (unpaired) electrons. The van der Waals surface area contributed by atoms with E-state index in [9.17, 15) is 9.59 Å². The van der Waals surface area contributed by atoms with Crippen LogP contribution in [-0.4, -0.2) is 54.9 Å². The molecule has 0 atom stereocenters. The van der Waals surface area contributed by atoms with Gasteiger partial charge in [0.1, 0.15) is 11.4 Å². The van der Waals surface area contributed by atoms with Crippen molar-refractivity contribution in [2.24, 2.45) is 0 Å². The molecule has 3 heterocycles. The molecular weight excluding hydrogens is 442 g/mol. The number of benzene rings is 2. The highest BCUT2D eigenvalue weighted by Gasteiger charge is 2.15. The van der Waals surface area contributed by atoms with Crippen LogP contribution in [0.1, 0.15) is 16.1 Å². The standard InChI is InChI=1S/C27H27N5O3/c1-31-12-14-32(15-13-31)25-11-10-22(18-28-25)29-26(33)16-19-6-8-21(9-7-19)30-27(34)24-17-20-4-2-3-5-23(20)35-24/h2-11,17-18H,12-16H2,1H3,(H,29,33)(H,30,34). The minimum absolute atomic E-state index is 0.127. The highest BCUT2D eigenvalue weighted by molar-refractivity contribution is 6.04. The van der Waals surface area contributed by atoms with Gasteiger partial charge in [-0.3, -0.25) is 9.59 Å². The van der Waals surface area contributed by atoms with Gasteiger partial charge in [-0.1, -0.05) is 30.3 Å². The molecule has 8 nitrogen and oxygen atoms in total. The number of aromatic nitrogens is 1. The molecule has 5 rings (SSSR count). The number of amides is 2. The van der Waals surface area contributed by atoms with Crippen LogP contribution < -0.4 is 15.5 Å². The largest absolute Gasteiger partial charge is 0.451 e. The lowest BCUT2D eigenvalue weighted by Crippen LogP contribution is -2.44. The zero-order chi connectivity index (χ0) is 24.2. The van der Waals surface area contributed by atoms with Gasteiger partial charge < -0.3 is 24.9 Å². The Morgan fingerprint density at radius 1 is 0.914 bits per heavy atom. The maximum atomic E-state index is 12.5. The molecular formula is C27H27N5O3. The molecule has 2 aromatic heterocycles. The minimum atomic E-state index is -0.320. The van der Waals surface area contributed by atoms with Crippen molar-refractivity contribution in [2.75, 3.05) is 48.8 Å². The summed E-state index contributed by atoms with van der Waals surface area (Å²) >= 11 is 0. The Balaban J connectivity index is 1.13. The quantitative estimate of drug-likeness (QED) is 0.443. The number of hydrogen-bond acceptors (Lipinski definition) is 6. The van der Waals surface area contributed by atoms with Crippen molar-refractivity contribution in [3.63, 3.8) is 0 Å². The average molecular weight is 470 g/mol. The van der Waals surface area contributed by atoms with E-state index in [4.69, 9.17) is 4.42 Å². The van der Waals surface area contributed by atoms with E-state index in [-0.39, 0.29) is 24.0 Å². The summed E-state index contributed by atoms with van der Waals surface area (Å²) in [6.45, 7) is 3.93. The highest BCUT2D eigenvalue weighted by Crippen LogP contribution is 2.20. The number of para-hydroxylation sites is 1. The molecule has 0 spiro atoms. The van der Waals surface area contributed by atoms with Gasteiger partial charge in [-0.15, -0.1) is 0 Å². The number of likely N-dealkylation sites (N-methyl/N-ethyl adjacent to an activating group) is 1. The van der Waals surface area contributed by atoms with Crippen LogP contribution in [0.3, 0.4) is 0 Å². The van der Waals surface area contributed by atoms with Crippen LogP contribution in [0.4, 0.5) is 17.2 Å². The number of carbonyl (C=O) groups is 2. The number of pyridine rings is 1. The number of fused-ring (bicyclic) bond motifs is 1. The van der Waals surface area contributed by atoms with Crippen LogP contribution in [0, 0.1) is 0 Å². The summed E-state index contributed by atoms with van der Waals surface area (Å²) in [6, 6.07) is 20.2. The highest BCUT2D eigenvalue weighted by atomic mass is 16.3. The first-order chi connectivity index (χ1) is 17.0. The Morgan fingerprint density at radius 3 is 2.37 bits per heavy atom. The molecule has 8 heteroatoms. The lowest BCUT2D eigenvalue weighted by atomic mass is 10.1. The molecule has 2 N–H and O–H groups in total. The summed E-state index contributed by atoms with van der Waals surface area (Å²) in [6.07, 6.45) is 1.92. The molecule has 35 heavy (non-hydrogen) atoms. The van der Waals surface area contributed by atoms with Crippen LogP contribution in [0.5, 0.6) is 0 Å². The lowest BCUT2D eigenvalue weighted by Gasteiger charge is -2.33. The van der Waals surface area contributed by atoms with Gasteiger partial charge in [0.2, 0.25) is 5.91 Å². The summed E-state index contributed by atoms with van der Waals surface area (Å²) in [5.74, 6) is 0.732. The Labute approximate surface area is 203 Å². The van der Waals surface area contributed by atoms with Gasteiger partial charge in [0, 0.05) is 37.3 Å². The third-order valence-corrected chi connectivity index (χ3v) is 6.08. The second kappa shape index (κ2) is 9.99. The van der Waals surface area contributed by atoms with E-state index in [0.29, 0.717) is 17.0 Å². The van der Waals surface area contributed by atoms with Crippen LogP contribution in [-0.2, 0) is 11.2 Å². The lowest BCUT2D eigenvalue weighted by molar-refractivity contribution is -0.115. The van der Waals surface area contributed by atoms with E-state index in [1.165, 1.54) is 0 Å². The fourth-order valence-corrected chi connectivity index (χ4v) is 4.07. The molecule has 4 aromatic rings. The zero-order valence-corrected chi connectivity index (χ0v) is 19.5. The first kappa shape index (κ1) is 22.6. The van der Waals surface area contributed by atoms with Gasteiger partial charge in [0.25, 0.3) is 5.91 Å². The SMILES string of the molecule is CN1CCN(c2ccc(NC(=O)Cc3ccc(NC(=O)c4cc5ccccc5o4)cc3)cn2)CC1. The smallest absolute Gasteiger partial charge is 0.291 e. The monoisotopic (exact) mass is 469 g/mol. The predicted octanol–water partition coefficient (Wildman–Crippen LogP) is 4.01. The van der Waals surface area contributed by atoms with Crippen LogP contribution in [0.25, 0.3) is 11.0 Å². The Hall–Kier alpha value is -4.17. The predicted molar refractivity (Wildman–Crippen MR) is 137 cm³/mol. The summed E-state index contributed by atoms with van der Waals surface area (Å²) in [4.78, 5) is 34.1. The van der Waals surface area contributed by atoms with Crippen molar-refractivity contribution in [1.82, 2.24) is 9.88 Å². The Morgan fingerprint density at radius 2 is 1.66 bits per heavy atom. The van der Waals surface area contributed by atoms with Crippen molar-refractivity contribution in [3.05, 3.63) is 84.3 Å². The maximum absolute atomic E-state index is 12.5. The summed E-state index contributed by atoms with van der Waals surface area (Å²) < 4.78 is 5.61. The van der Waals surface area contributed by atoms with Crippen LogP contribution in [0.2, 0.25) is 0 Å². The first-order valence-corrected chi connectivity index (χ1v) is 11.6. The summed E-state index contributed by atoms with van der Waals surface area (Å²) in [5.41, 5.74) is 2.81. The molecule has 178 valence electrons. The van der Waals surface area contributed by atoms with Gasteiger partial charge in [0.05, 0.1) is 18.3 Å². The first-order valence-electron chi connectivity index (χ1n) is 11.6. The second-order valence-electron chi connectivity index (χ2n) is 8.72. The normalized spacial score (nSPS) is 14.1. The van der Waals surface area contributed by atoms with Crippen molar-refractivity contribution in [1.29, 1.82) is 0 Å². The van der Waals surface area contributed by atoms with E-state index in [1.807, 2.05) is 48.5 Å². The van der Waals surface area contributed by atoms with Gasteiger partial charge in [-0.05, 0) is 49.0 Å². The molecule has 1 aliphatic heterocycles. The van der Waals surface area contributed by atoms with Crippen LogP contribution in [0.15, 0.2) is 77.3 Å². The van der Waals surface area contributed by atoms with E-state index in [0.717, 1.165) is 42.9 Å². The van der Waals surface area contributed by atoms with E-state index >= 15 is 0 Å². The van der Waals surface area contributed by atoms with Crippen molar-refractivity contribution < 1.29 is 14.0 Å². The number of carbonyl (C=O) groups excluding carboxylic acids is 2. The van der Waals surface area contributed by atoms with E-state index < -0.39 is 0 Å². The third kappa shape index (κ3) is 5.50. The maximum Gasteiger partial charge on any atom is 0.291 e. The fourth-order valence-electron chi connectivity index (χ4n) is 4.07. The molecule has 0 aliphatic carbocycles. The molecule has 2 amide bonds. The van der Waals surface area contributed by atoms with E-state index in [1.54, 1.807) is 24.4 Å². The molecule has 2 aromatic carbocycles. The van der Waals surface area contributed by atoms with E-state index in [2.05, 4.69) is 32.5 Å². The summed E-state index contributed by atoms with van der Waals surface area (Å²) in [5, 5.41) is 6.60. The van der Waals surface area contributed by atoms with Gasteiger partial charge in [-0.25, -0.2) is 4.98 Å². The van der Waals surface area contributed by atoms with Gasteiger partial charge in [-0.2, -0.15) is 0 Å². The van der Waals surface area contributed by atoms with Gasteiger partial charge >= 0.3 is 0 Å². The molecule has 0 bridgehead atoms. The van der Waals surface area contributed by atoms with Crippen molar-refractivity contribution in [2.45, 2.75) is 6.42 Å². The summed E-state index contributed by atoms with van der Waals surface area (Å²) in [7, 11) is 2.12. The second-order valence-corrected chi connectivity index (χ2v) is 8.72. The molecule has 0 unspecified atom stereocenters. The zero-order valence-electron chi connectivity index (χ0n) is 19.5. The fraction of sp³-hybridized carbons (Fsp3) is 0.222. The molecule has 1 fully saturated rings.